The van der Waals surface area contributed by atoms with Gasteiger partial charge in [0.1, 0.15) is 0 Å². The molecular weight excluding hydrogens is 198 g/mol. The molecule has 0 spiro atoms. The fourth-order valence-corrected chi connectivity index (χ4v) is 2.52. The zero-order valence-electron chi connectivity index (χ0n) is 10.4. The lowest BCUT2D eigenvalue weighted by molar-refractivity contribution is 0.288. The second-order valence-electron chi connectivity index (χ2n) is 4.79. The van der Waals surface area contributed by atoms with Gasteiger partial charge in [-0.05, 0) is 25.8 Å². The summed E-state index contributed by atoms with van der Waals surface area (Å²) < 4.78 is 2.33. The molecule has 0 saturated heterocycles. The van der Waals surface area contributed by atoms with Crippen molar-refractivity contribution in [3.05, 3.63) is 18.5 Å². The van der Waals surface area contributed by atoms with E-state index in [4.69, 9.17) is 5.73 Å². The van der Waals surface area contributed by atoms with Crippen molar-refractivity contribution in [1.82, 2.24) is 9.55 Å². The van der Waals surface area contributed by atoms with Gasteiger partial charge in [-0.3, -0.25) is 0 Å². The van der Waals surface area contributed by atoms with Crippen molar-refractivity contribution in [2.24, 2.45) is 0 Å². The van der Waals surface area contributed by atoms with Gasteiger partial charge in [-0.2, -0.15) is 0 Å². The molecule has 0 radical (unpaired) electrons. The molecule has 0 amide bonds. The molecule has 2 rings (SSSR count). The van der Waals surface area contributed by atoms with Crippen LogP contribution < -0.4 is 5.73 Å². The van der Waals surface area contributed by atoms with Gasteiger partial charge in [-0.15, -0.1) is 0 Å². The molecule has 0 fully saturated rings. The lowest BCUT2D eigenvalue weighted by Crippen LogP contribution is -2.28. The van der Waals surface area contributed by atoms with Gasteiger partial charge in [0.25, 0.3) is 0 Å². The monoisotopic (exact) mass is 219 g/mol. The van der Waals surface area contributed by atoms with Crippen molar-refractivity contribution in [2.75, 3.05) is 5.73 Å². The van der Waals surface area contributed by atoms with Gasteiger partial charge in [0.2, 0.25) is 0 Å². The quantitative estimate of drug-likeness (QED) is 0.812. The van der Waals surface area contributed by atoms with Crippen LogP contribution in [0.5, 0.6) is 0 Å². The molecule has 3 N–H and O–H groups in total. The molecule has 2 aromatic rings. The first-order valence-corrected chi connectivity index (χ1v) is 6.06. The molecule has 2 aromatic heterocycles. The van der Waals surface area contributed by atoms with Crippen LogP contribution in [0.1, 0.15) is 40.0 Å². The Hall–Kier alpha value is -1.38. The number of hydrogen-bond acceptors (Lipinski definition) is 1. The van der Waals surface area contributed by atoms with Crippen molar-refractivity contribution in [3.63, 3.8) is 0 Å². The lowest BCUT2D eigenvalue weighted by atomic mass is 9.92. The Morgan fingerprint density at radius 2 is 2.19 bits per heavy atom. The van der Waals surface area contributed by atoms with Crippen LogP contribution in [-0.4, -0.2) is 9.55 Å². The summed E-state index contributed by atoms with van der Waals surface area (Å²) in [6.45, 7) is 6.78. The zero-order valence-corrected chi connectivity index (χ0v) is 10.4. The smallest absolute Gasteiger partial charge is 0.0870 e. The summed E-state index contributed by atoms with van der Waals surface area (Å²) in [6.07, 6.45) is 7.52. The molecule has 3 heteroatoms. The molecule has 0 aromatic carbocycles. The molecule has 1 unspecified atom stereocenters. The van der Waals surface area contributed by atoms with E-state index in [1.54, 1.807) is 0 Å². The predicted molar refractivity (Wildman–Crippen MR) is 69.5 cm³/mol. The van der Waals surface area contributed by atoms with E-state index in [9.17, 15) is 0 Å². The Kier molecular flexibility index (Phi) is 2.70. The minimum atomic E-state index is 0.173. The van der Waals surface area contributed by atoms with Crippen LogP contribution in [0, 0.1) is 0 Å². The molecule has 3 nitrogen and oxygen atoms in total. The highest BCUT2D eigenvalue weighted by molar-refractivity contribution is 5.88. The number of H-pyrrole nitrogens is 1. The molecule has 2 heterocycles. The van der Waals surface area contributed by atoms with Crippen LogP contribution in [0.25, 0.3) is 11.0 Å². The Morgan fingerprint density at radius 1 is 1.44 bits per heavy atom. The maximum absolute atomic E-state index is 6.02. The van der Waals surface area contributed by atoms with Crippen LogP contribution in [-0.2, 0) is 5.54 Å². The van der Waals surface area contributed by atoms with Gasteiger partial charge < -0.3 is 15.3 Å². The molecule has 16 heavy (non-hydrogen) atoms. The fourth-order valence-electron chi connectivity index (χ4n) is 2.52. The van der Waals surface area contributed by atoms with Gasteiger partial charge in [0.05, 0.1) is 16.7 Å². The Morgan fingerprint density at radius 3 is 2.81 bits per heavy atom. The third-order valence-corrected chi connectivity index (χ3v) is 3.67. The number of aromatic nitrogens is 2. The molecule has 88 valence electrons. The number of rotatable bonds is 4. The third-order valence-electron chi connectivity index (χ3n) is 3.67. The second-order valence-corrected chi connectivity index (χ2v) is 4.79. The van der Waals surface area contributed by atoms with E-state index in [1.807, 2.05) is 6.20 Å². The van der Waals surface area contributed by atoms with Crippen molar-refractivity contribution in [1.29, 1.82) is 0 Å². The summed E-state index contributed by atoms with van der Waals surface area (Å²) in [5.74, 6) is 0. The molecule has 0 bridgehead atoms. The van der Waals surface area contributed by atoms with Crippen molar-refractivity contribution in [2.45, 2.75) is 45.6 Å². The maximum Gasteiger partial charge on any atom is 0.0870 e. The number of nitrogens with zero attached hydrogens (tertiary/aromatic N) is 1. The molecule has 0 aliphatic rings. The average molecular weight is 219 g/mol. The van der Waals surface area contributed by atoms with Crippen LogP contribution in [0.15, 0.2) is 18.5 Å². The van der Waals surface area contributed by atoms with E-state index in [0.29, 0.717) is 0 Å². The predicted octanol–water partition coefficient (Wildman–Crippen LogP) is 3.48. The molecule has 1 atom stereocenters. The average Bonchev–Trinajstić information content (AvgIpc) is 2.83. The summed E-state index contributed by atoms with van der Waals surface area (Å²) in [5, 5.41) is 0. The van der Waals surface area contributed by atoms with Crippen LogP contribution >= 0.6 is 0 Å². The lowest BCUT2D eigenvalue weighted by Gasteiger charge is -2.30. The SMILES string of the molecule is CCCC(C)(CC)n1cc(N)c2[nH]ccc21. The first-order valence-electron chi connectivity index (χ1n) is 6.06. The van der Waals surface area contributed by atoms with Crippen molar-refractivity contribution >= 4 is 16.7 Å². The normalized spacial score (nSPS) is 15.4. The van der Waals surface area contributed by atoms with Crippen molar-refractivity contribution in [3.8, 4) is 0 Å². The van der Waals surface area contributed by atoms with Crippen LogP contribution in [0.3, 0.4) is 0 Å². The van der Waals surface area contributed by atoms with Gasteiger partial charge >= 0.3 is 0 Å². The molecule has 0 aliphatic heterocycles. The van der Waals surface area contributed by atoms with E-state index < -0.39 is 0 Å². The number of fused-ring (bicyclic) bond motifs is 1. The van der Waals surface area contributed by atoms with E-state index in [2.05, 4.69) is 42.6 Å². The minimum Gasteiger partial charge on any atom is -0.396 e. The molecule has 0 saturated carbocycles. The molecule has 0 aliphatic carbocycles. The first kappa shape index (κ1) is 11.1. The van der Waals surface area contributed by atoms with Crippen LogP contribution in [0.4, 0.5) is 5.69 Å². The third kappa shape index (κ3) is 1.51. The van der Waals surface area contributed by atoms with E-state index >= 15 is 0 Å². The zero-order chi connectivity index (χ0) is 11.8. The number of nitrogen functional groups attached to an aromatic ring is 1. The fraction of sp³-hybridized carbons (Fsp3) is 0.538. The highest BCUT2D eigenvalue weighted by atomic mass is 15.1. The Bertz CT molecular complexity index is 480. The number of nitrogens with one attached hydrogen (secondary N) is 1. The standard InChI is InChI=1S/C13H21N3/c1-4-7-13(3,5-2)16-9-10(14)12-11(16)6-8-15-12/h6,8-9,15H,4-5,7,14H2,1-3H3. The number of aromatic amines is 1. The second kappa shape index (κ2) is 3.89. The summed E-state index contributed by atoms with van der Waals surface area (Å²) in [5.41, 5.74) is 9.32. The summed E-state index contributed by atoms with van der Waals surface area (Å²) in [6, 6.07) is 2.11. The largest absolute Gasteiger partial charge is 0.396 e. The number of nitrogens with two attached hydrogens (primary N) is 1. The van der Waals surface area contributed by atoms with Gasteiger partial charge in [-0.1, -0.05) is 20.3 Å². The highest BCUT2D eigenvalue weighted by Gasteiger charge is 2.25. The van der Waals surface area contributed by atoms with E-state index in [0.717, 1.165) is 17.6 Å². The topological polar surface area (TPSA) is 46.7 Å². The van der Waals surface area contributed by atoms with E-state index in [-0.39, 0.29) is 5.54 Å². The Balaban J connectivity index is 2.56. The first-order chi connectivity index (χ1) is 7.62. The summed E-state index contributed by atoms with van der Waals surface area (Å²) >= 11 is 0. The highest BCUT2D eigenvalue weighted by Crippen LogP contribution is 2.33. The van der Waals surface area contributed by atoms with Gasteiger partial charge in [0, 0.05) is 17.9 Å². The maximum atomic E-state index is 6.02. The number of hydrogen-bond donors (Lipinski definition) is 2. The summed E-state index contributed by atoms with van der Waals surface area (Å²) in [7, 11) is 0. The van der Waals surface area contributed by atoms with Crippen LogP contribution in [0.2, 0.25) is 0 Å². The Labute approximate surface area is 96.6 Å². The summed E-state index contributed by atoms with van der Waals surface area (Å²) in [4.78, 5) is 3.20. The van der Waals surface area contributed by atoms with E-state index in [1.165, 1.54) is 18.4 Å². The van der Waals surface area contributed by atoms with Gasteiger partial charge in [-0.25, -0.2) is 0 Å². The minimum absolute atomic E-state index is 0.173. The van der Waals surface area contributed by atoms with Gasteiger partial charge in [0.15, 0.2) is 0 Å². The molecular formula is C13H21N3. The number of anilines is 1. The van der Waals surface area contributed by atoms with Crippen molar-refractivity contribution < 1.29 is 0 Å².